The van der Waals surface area contributed by atoms with Crippen molar-refractivity contribution in [2.75, 3.05) is 0 Å². The average molecular weight is 182 g/mol. The van der Waals surface area contributed by atoms with Gasteiger partial charge in [-0.05, 0) is 0 Å². The Kier molecular flexibility index (Phi) is 38.8. The van der Waals surface area contributed by atoms with Crippen molar-refractivity contribution in [3.63, 3.8) is 0 Å². The zero-order valence-corrected chi connectivity index (χ0v) is 6.23. The Morgan fingerprint density at radius 3 is 1.30 bits per heavy atom. The van der Waals surface area contributed by atoms with Crippen LogP contribution in [0, 0.1) is 0 Å². The van der Waals surface area contributed by atoms with Crippen molar-refractivity contribution in [2.45, 2.75) is 0 Å². The molecule has 0 fully saturated rings. The van der Waals surface area contributed by atoms with Gasteiger partial charge in [0.2, 0.25) is 0 Å². The molecule has 1 aromatic carbocycles. The fourth-order valence-electron chi connectivity index (χ4n) is 0.321. The molecule has 10 heavy (non-hydrogen) atoms. The molecule has 0 saturated carbocycles. The van der Waals surface area contributed by atoms with Crippen LogP contribution in [-0.2, 0) is 26.4 Å². The molecule has 3 heteroatoms. The first-order valence-electron chi connectivity index (χ1n) is 2.14. The van der Waals surface area contributed by atoms with E-state index < -0.39 is 0 Å². The molecule has 0 aliphatic carbocycles. The van der Waals surface area contributed by atoms with E-state index in [2.05, 4.69) is 13.6 Å². The van der Waals surface area contributed by atoms with Gasteiger partial charge in [-0.15, -0.1) is 0 Å². The first-order chi connectivity index (χ1) is 4.50. The topological polar surface area (TPSA) is 34.1 Å². The Labute approximate surface area is 70.8 Å². The van der Waals surface area contributed by atoms with Gasteiger partial charge in [-0.25, -0.2) is 12.1 Å². The van der Waals surface area contributed by atoms with Crippen LogP contribution in [0.5, 0.6) is 0 Å². The maximum Gasteiger partial charge on any atom is 0.182 e. The van der Waals surface area contributed by atoms with Crippen molar-refractivity contribution in [3.8, 4) is 0 Å². The van der Waals surface area contributed by atoms with Crippen LogP contribution in [0.1, 0.15) is 0 Å². The van der Waals surface area contributed by atoms with Gasteiger partial charge in [0.15, 0.2) is 13.6 Å². The Morgan fingerprint density at radius 1 is 0.900 bits per heavy atom. The first kappa shape index (κ1) is 16.1. The van der Waals surface area contributed by atoms with E-state index in [1.807, 2.05) is 30.3 Å². The molecule has 0 N–H and O–H groups in total. The van der Waals surface area contributed by atoms with E-state index >= 15 is 0 Å². The SMILES string of the molecule is [CH]=O.[CH]=O.[Co].c1cc[cH-]c1. The van der Waals surface area contributed by atoms with Crippen LogP contribution in [0.25, 0.3) is 0 Å². The van der Waals surface area contributed by atoms with Gasteiger partial charge in [0, 0.05) is 16.8 Å². The molecule has 1 rings (SSSR count). The molecule has 0 amide bonds. The smallest absolute Gasteiger partial charge is 0.182 e. The summed E-state index contributed by atoms with van der Waals surface area (Å²) in [5, 5.41) is 0. The van der Waals surface area contributed by atoms with E-state index in [0.29, 0.717) is 0 Å². The minimum atomic E-state index is 0. The van der Waals surface area contributed by atoms with Crippen LogP contribution in [0.2, 0.25) is 0 Å². The molecule has 3 radical (unpaired) electrons. The summed E-state index contributed by atoms with van der Waals surface area (Å²) in [6.07, 6.45) is 0. The van der Waals surface area contributed by atoms with Gasteiger partial charge < -0.3 is 0 Å². The van der Waals surface area contributed by atoms with Crippen LogP contribution >= 0.6 is 0 Å². The second-order valence-electron chi connectivity index (χ2n) is 0.962. The summed E-state index contributed by atoms with van der Waals surface area (Å²) in [4.78, 5) is 15.5. The summed E-state index contributed by atoms with van der Waals surface area (Å²) >= 11 is 0. The Morgan fingerprint density at radius 2 is 1.20 bits per heavy atom. The van der Waals surface area contributed by atoms with Gasteiger partial charge in [-0.3, -0.25) is 9.59 Å². The zero-order chi connectivity index (χ0) is 7.54. The van der Waals surface area contributed by atoms with Gasteiger partial charge >= 0.3 is 0 Å². The molecule has 0 bridgehead atoms. The summed E-state index contributed by atoms with van der Waals surface area (Å²) in [7, 11) is 0. The number of hydrogen-bond donors (Lipinski definition) is 0. The summed E-state index contributed by atoms with van der Waals surface area (Å²) in [6, 6.07) is 10.0. The van der Waals surface area contributed by atoms with Gasteiger partial charge in [0.25, 0.3) is 0 Å². The van der Waals surface area contributed by atoms with E-state index in [-0.39, 0.29) is 16.8 Å². The van der Waals surface area contributed by atoms with Crippen molar-refractivity contribution in [3.05, 3.63) is 30.3 Å². The van der Waals surface area contributed by atoms with Crippen LogP contribution in [0.15, 0.2) is 30.3 Å². The molecule has 0 aliphatic heterocycles. The summed E-state index contributed by atoms with van der Waals surface area (Å²) in [5.74, 6) is 0. The number of hydrogen-bond acceptors (Lipinski definition) is 2. The molecule has 1 aromatic rings. The van der Waals surface area contributed by atoms with E-state index in [0.717, 1.165) is 0 Å². The predicted octanol–water partition coefficient (Wildman–Crippen LogP) is 0.855. The molecule has 0 aliphatic rings. The Bertz CT molecular complexity index is 87.1. The molecule has 0 saturated heterocycles. The molecular weight excluding hydrogens is 175 g/mol. The van der Waals surface area contributed by atoms with Gasteiger partial charge in [-0.2, -0.15) is 18.2 Å². The number of rotatable bonds is 0. The first-order valence-corrected chi connectivity index (χ1v) is 2.14. The normalized spacial score (nSPS) is 4.80. The maximum absolute atomic E-state index is 7.75. The number of carbonyl (C=O) groups excluding carboxylic acids is 2. The van der Waals surface area contributed by atoms with E-state index in [1.54, 1.807) is 0 Å². The van der Waals surface area contributed by atoms with E-state index in [4.69, 9.17) is 9.59 Å². The molecule has 0 unspecified atom stereocenters. The fourth-order valence-corrected chi connectivity index (χ4v) is 0.321. The molecule has 0 heterocycles. The average Bonchev–Trinajstić information content (AvgIpc) is 2.51. The van der Waals surface area contributed by atoms with Crippen LogP contribution in [0.4, 0.5) is 0 Å². The second-order valence-corrected chi connectivity index (χ2v) is 0.962. The zero-order valence-electron chi connectivity index (χ0n) is 5.19. The quantitative estimate of drug-likeness (QED) is 0.440. The van der Waals surface area contributed by atoms with Crippen LogP contribution < -0.4 is 0 Å². The van der Waals surface area contributed by atoms with Crippen LogP contribution in [-0.4, -0.2) is 13.6 Å². The molecular formula is C7H7CoO2-. The molecule has 0 atom stereocenters. The van der Waals surface area contributed by atoms with Crippen molar-refractivity contribution in [1.82, 2.24) is 0 Å². The summed E-state index contributed by atoms with van der Waals surface area (Å²) < 4.78 is 0. The minimum Gasteiger partial charge on any atom is -0.295 e. The Balaban J connectivity index is -0.0000000875. The third-order valence-corrected chi connectivity index (χ3v) is 0.556. The maximum atomic E-state index is 7.75. The molecule has 57 valence electrons. The van der Waals surface area contributed by atoms with Gasteiger partial charge in [0.1, 0.15) is 0 Å². The third-order valence-electron chi connectivity index (χ3n) is 0.556. The summed E-state index contributed by atoms with van der Waals surface area (Å²) in [6.45, 7) is 6.50. The molecule has 2 nitrogen and oxygen atoms in total. The van der Waals surface area contributed by atoms with E-state index in [1.165, 1.54) is 0 Å². The van der Waals surface area contributed by atoms with Gasteiger partial charge in [0.05, 0.1) is 0 Å². The fraction of sp³-hybridized carbons (Fsp3) is 0. The minimum absolute atomic E-state index is 0. The summed E-state index contributed by atoms with van der Waals surface area (Å²) in [5.41, 5.74) is 0. The van der Waals surface area contributed by atoms with Crippen molar-refractivity contribution in [2.24, 2.45) is 0 Å². The largest absolute Gasteiger partial charge is 0.295 e. The molecule has 0 aromatic heterocycles. The third kappa shape index (κ3) is 15.7. The molecule has 0 spiro atoms. The monoisotopic (exact) mass is 182 g/mol. The second kappa shape index (κ2) is 24.1. The predicted molar refractivity (Wildman–Crippen MR) is 35.5 cm³/mol. The van der Waals surface area contributed by atoms with E-state index in [9.17, 15) is 0 Å². The van der Waals surface area contributed by atoms with Gasteiger partial charge in [-0.1, -0.05) is 0 Å². The standard InChI is InChI=1S/C5H5.2CHO.Co/c1-2-4-5-3-1;2*1-2;/h1-5H;2*1H;/q-1;;;. The van der Waals surface area contributed by atoms with Crippen molar-refractivity contribution >= 4 is 13.6 Å². The van der Waals surface area contributed by atoms with Crippen LogP contribution in [0.3, 0.4) is 0 Å². The Hall–Kier alpha value is -0.804. The van der Waals surface area contributed by atoms with Crippen molar-refractivity contribution < 1.29 is 26.4 Å². The van der Waals surface area contributed by atoms with Crippen molar-refractivity contribution in [1.29, 1.82) is 0 Å².